The maximum atomic E-state index is 12.6. The molecular weight excluding hydrogens is 286 g/mol. The molecule has 1 aromatic carbocycles. The van der Waals surface area contributed by atoms with Crippen LogP contribution in [0.4, 0.5) is 0 Å². The quantitative estimate of drug-likeness (QED) is 0.874. The van der Waals surface area contributed by atoms with E-state index in [-0.39, 0.29) is 6.04 Å². The number of hydrogen-bond acceptors (Lipinski definition) is 4. The van der Waals surface area contributed by atoms with Crippen molar-refractivity contribution in [2.24, 2.45) is 5.73 Å². The highest BCUT2D eigenvalue weighted by molar-refractivity contribution is 7.89. The van der Waals surface area contributed by atoms with Gasteiger partial charge in [0, 0.05) is 19.1 Å². The molecule has 1 aromatic rings. The van der Waals surface area contributed by atoms with Gasteiger partial charge in [-0.2, -0.15) is 0 Å². The molecule has 3 N–H and O–H groups in total. The van der Waals surface area contributed by atoms with Gasteiger partial charge in [-0.25, -0.2) is 13.1 Å². The van der Waals surface area contributed by atoms with Gasteiger partial charge in [-0.3, -0.25) is 0 Å². The van der Waals surface area contributed by atoms with Crippen LogP contribution in [0.2, 0.25) is 0 Å². The first-order valence-corrected chi connectivity index (χ1v) is 8.83. The fourth-order valence-electron chi connectivity index (χ4n) is 2.93. The summed E-state index contributed by atoms with van der Waals surface area (Å²) in [5, 5.41) is 0. The van der Waals surface area contributed by atoms with E-state index < -0.39 is 10.0 Å². The molecule has 1 atom stereocenters. The van der Waals surface area contributed by atoms with Crippen LogP contribution in [0.3, 0.4) is 0 Å². The predicted molar refractivity (Wildman–Crippen MR) is 84.6 cm³/mol. The molecule has 118 valence electrons. The lowest BCUT2D eigenvalue weighted by atomic mass is 10.1. The van der Waals surface area contributed by atoms with Crippen LogP contribution in [0.25, 0.3) is 0 Å². The second-order valence-corrected chi connectivity index (χ2v) is 7.65. The van der Waals surface area contributed by atoms with Gasteiger partial charge in [-0.05, 0) is 63.0 Å². The average molecular weight is 311 g/mol. The number of sulfonamides is 1. The number of benzene rings is 1. The van der Waals surface area contributed by atoms with E-state index in [0.717, 1.165) is 42.6 Å². The van der Waals surface area contributed by atoms with Crippen LogP contribution in [-0.2, 0) is 16.6 Å². The van der Waals surface area contributed by atoms with Gasteiger partial charge in [0.05, 0.1) is 4.90 Å². The van der Waals surface area contributed by atoms with E-state index in [1.54, 1.807) is 6.07 Å². The summed E-state index contributed by atoms with van der Waals surface area (Å²) in [7, 11) is -1.48. The Hall–Kier alpha value is -0.950. The Balaban J connectivity index is 2.27. The van der Waals surface area contributed by atoms with Crippen LogP contribution >= 0.6 is 0 Å². The standard InChI is InChI=1S/C15H25N3O2S/c1-11-7-12(2)15(8-13(11)9-16)21(19,20)17-14-5-4-6-18(3)10-14/h7-8,14,17H,4-6,9-10,16H2,1-3H3. The Morgan fingerprint density at radius 3 is 2.67 bits per heavy atom. The molecule has 1 unspecified atom stereocenters. The Bertz CT molecular complexity index is 614. The van der Waals surface area contributed by atoms with Gasteiger partial charge in [-0.1, -0.05) is 6.07 Å². The lowest BCUT2D eigenvalue weighted by Crippen LogP contribution is -2.46. The molecule has 1 heterocycles. The predicted octanol–water partition coefficient (Wildman–Crippen LogP) is 1.13. The minimum atomic E-state index is -3.50. The summed E-state index contributed by atoms with van der Waals surface area (Å²) in [5.41, 5.74) is 8.37. The molecule has 1 fully saturated rings. The lowest BCUT2D eigenvalue weighted by molar-refractivity contribution is 0.242. The molecule has 0 amide bonds. The smallest absolute Gasteiger partial charge is 0.241 e. The van der Waals surface area contributed by atoms with E-state index in [4.69, 9.17) is 5.73 Å². The lowest BCUT2D eigenvalue weighted by Gasteiger charge is -2.30. The zero-order valence-corrected chi connectivity index (χ0v) is 13.8. The second-order valence-electron chi connectivity index (χ2n) is 5.97. The third-order valence-electron chi connectivity index (χ3n) is 4.09. The third-order valence-corrected chi connectivity index (χ3v) is 5.75. The molecule has 6 heteroatoms. The molecule has 0 bridgehead atoms. The topological polar surface area (TPSA) is 75.4 Å². The molecule has 0 saturated carbocycles. The van der Waals surface area contributed by atoms with Gasteiger partial charge < -0.3 is 10.6 Å². The maximum absolute atomic E-state index is 12.6. The van der Waals surface area contributed by atoms with Gasteiger partial charge in [0.25, 0.3) is 0 Å². The molecule has 21 heavy (non-hydrogen) atoms. The number of likely N-dealkylation sites (N-methyl/N-ethyl adjacent to an activating group) is 1. The number of nitrogens with two attached hydrogens (primary N) is 1. The van der Waals surface area contributed by atoms with Crippen molar-refractivity contribution in [3.63, 3.8) is 0 Å². The van der Waals surface area contributed by atoms with Gasteiger partial charge >= 0.3 is 0 Å². The van der Waals surface area contributed by atoms with Crippen molar-refractivity contribution in [3.05, 3.63) is 28.8 Å². The van der Waals surface area contributed by atoms with Crippen molar-refractivity contribution in [2.45, 2.75) is 44.2 Å². The van der Waals surface area contributed by atoms with Crippen LogP contribution in [-0.4, -0.2) is 39.5 Å². The molecule has 2 rings (SSSR count). The Labute approximate surface area is 127 Å². The van der Waals surface area contributed by atoms with Crippen molar-refractivity contribution in [1.29, 1.82) is 0 Å². The minimum Gasteiger partial charge on any atom is -0.326 e. The van der Waals surface area contributed by atoms with Gasteiger partial charge in [0.2, 0.25) is 10.0 Å². The highest BCUT2D eigenvalue weighted by atomic mass is 32.2. The normalized spacial score (nSPS) is 20.7. The number of rotatable bonds is 4. The molecule has 1 aliphatic heterocycles. The van der Waals surface area contributed by atoms with Crippen LogP contribution in [0.1, 0.15) is 29.5 Å². The highest BCUT2D eigenvalue weighted by Crippen LogP contribution is 2.21. The SMILES string of the molecule is Cc1cc(C)c(S(=O)(=O)NC2CCCN(C)C2)cc1CN. The van der Waals surface area contributed by atoms with E-state index in [1.807, 2.05) is 27.0 Å². The molecule has 0 aliphatic carbocycles. The summed E-state index contributed by atoms with van der Waals surface area (Å²) in [6.45, 7) is 5.91. The van der Waals surface area contributed by atoms with Crippen molar-refractivity contribution >= 4 is 10.0 Å². The Kier molecular flexibility index (Phi) is 5.03. The summed E-state index contributed by atoms with van der Waals surface area (Å²) < 4.78 is 28.1. The molecule has 0 aromatic heterocycles. The van der Waals surface area contributed by atoms with Crippen molar-refractivity contribution in [1.82, 2.24) is 9.62 Å². The van der Waals surface area contributed by atoms with E-state index in [0.29, 0.717) is 11.4 Å². The Morgan fingerprint density at radius 2 is 2.05 bits per heavy atom. The number of nitrogens with one attached hydrogen (secondary N) is 1. The number of hydrogen-bond donors (Lipinski definition) is 2. The zero-order chi connectivity index (χ0) is 15.6. The van der Waals surface area contributed by atoms with E-state index in [1.165, 1.54) is 0 Å². The minimum absolute atomic E-state index is 0.0178. The summed E-state index contributed by atoms with van der Waals surface area (Å²) in [6, 6.07) is 3.58. The first-order chi connectivity index (χ1) is 9.83. The summed E-state index contributed by atoms with van der Waals surface area (Å²) in [6.07, 6.45) is 1.91. The Morgan fingerprint density at radius 1 is 1.33 bits per heavy atom. The zero-order valence-electron chi connectivity index (χ0n) is 13.0. The highest BCUT2D eigenvalue weighted by Gasteiger charge is 2.25. The van der Waals surface area contributed by atoms with E-state index in [2.05, 4.69) is 9.62 Å². The van der Waals surface area contributed by atoms with Crippen molar-refractivity contribution in [2.75, 3.05) is 20.1 Å². The number of nitrogens with zero attached hydrogens (tertiary/aromatic N) is 1. The molecule has 1 aliphatic rings. The van der Waals surface area contributed by atoms with Crippen LogP contribution < -0.4 is 10.5 Å². The largest absolute Gasteiger partial charge is 0.326 e. The molecular formula is C15H25N3O2S. The molecule has 0 radical (unpaired) electrons. The van der Waals surface area contributed by atoms with Gasteiger partial charge in [0.15, 0.2) is 0 Å². The van der Waals surface area contributed by atoms with Gasteiger partial charge in [0.1, 0.15) is 0 Å². The van der Waals surface area contributed by atoms with Crippen molar-refractivity contribution in [3.8, 4) is 0 Å². The summed E-state index contributed by atoms with van der Waals surface area (Å²) in [4.78, 5) is 2.51. The van der Waals surface area contributed by atoms with Crippen LogP contribution in [0, 0.1) is 13.8 Å². The third kappa shape index (κ3) is 3.83. The molecule has 0 spiro atoms. The van der Waals surface area contributed by atoms with Crippen LogP contribution in [0.15, 0.2) is 17.0 Å². The molecule has 1 saturated heterocycles. The average Bonchev–Trinajstić information content (AvgIpc) is 2.37. The van der Waals surface area contributed by atoms with Crippen molar-refractivity contribution < 1.29 is 8.42 Å². The summed E-state index contributed by atoms with van der Waals surface area (Å²) >= 11 is 0. The summed E-state index contributed by atoms with van der Waals surface area (Å²) in [5.74, 6) is 0. The number of likely N-dealkylation sites (tertiary alicyclic amines) is 1. The number of piperidine rings is 1. The monoisotopic (exact) mass is 311 g/mol. The fraction of sp³-hybridized carbons (Fsp3) is 0.600. The van der Waals surface area contributed by atoms with Gasteiger partial charge in [-0.15, -0.1) is 0 Å². The second kappa shape index (κ2) is 6.44. The first-order valence-electron chi connectivity index (χ1n) is 7.34. The first kappa shape index (κ1) is 16.4. The van der Waals surface area contributed by atoms with Crippen LogP contribution in [0.5, 0.6) is 0 Å². The van der Waals surface area contributed by atoms with E-state index in [9.17, 15) is 8.42 Å². The van der Waals surface area contributed by atoms with E-state index >= 15 is 0 Å². The maximum Gasteiger partial charge on any atom is 0.241 e. The number of aryl methyl sites for hydroxylation is 2. The fourth-order valence-corrected chi connectivity index (χ4v) is 4.47. The molecule has 5 nitrogen and oxygen atoms in total.